The molecule has 142 valence electrons. The van der Waals surface area contributed by atoms with Crippen molar-refractivity contribution < 1.29 is 13.2 Å². The van der Waals surface area contributed by atoms with Crippen molar-refractivity contribution >= 4 is 26.8 Å². The van der Waals surface area contributed by atoms with Gasteiger partial charge in [-0.05, 0) is 31.2 Å². The molecule has 2 aromatic rings. The molecule has 1 aliphatic heterocycles. The van der Waals surface area contributed by atoms with Gasteiger partial charge in [-0.15, -0.1) is 0 Å². The van der Waals surface area contributed by atoms with Crippen LogP contribution in [0.3, 0.4) is 0 Å². The van der Waals surface area contributed by atoms with Gasteiger partial charge >= 0.3 is 0 Å². The minimum Gasteiger partial charge on any atom is -0.357 e. The highest BCUT2D eigenvalue weighted by atomic mass is 32.2. The normalized spacial score (nSPS) is 16.3. The second-order valence-corrected chi connectivity index (χ2v) is 8.75. The van der Waals surface area contributed by atoms with Gasteiger partial charge in [-0.1, -0.05) is 0 Å². The quantitative estimate of drug-likeness (QED) is 0.795. The summed E-state index contributed by atoms with van der Waals surface area (Å²) in [6.45, 7) is 1.70. The topological polar surface area (TPSA) is 104 Å². The molecule has 3 rings (SSSR count). The van der Waals surface area contributed by atoms with E-state index in [1.807, 2.05) is 4.90 Å². The van der Waals surface area contributed by atoms with Crippen LogP contribution in [0.15, 0.2) is 23.3 Å². The van der Waals surface area contributed by atoms with E-state index in [0.29, 0.717) is 42.0 Å². The van der Waals surface area contributed by atoms with Gasteiger partial charge in [0.25, 0.3) is 11.5 Å². The molecule has 26 heavy (non-hydrogen) atoms. The highest BCUT2D eigenvalue weighted by Crippen LogP contribution is 2.23. The number of sulfonamides is 1. The molecular weight excluding hydrogens is 356 g/mol. The van der Waals surface area contributed by atoms with Crippen LogP contribution in [0.4, 0.5) is 0 Å². The summed E-state index contributed by atoms with van der Waals surface area (Å²) in [5.74, 6) is 0.332. The van der Waals surface area contributed by atoms with Gasteiger partial charge in [0.15, 0.2) is 0 Å². The fourth-order valence-electron chi connectivity index (χ4n) is 3.48. The summed E-state index contributed by atoms with van der Waals surface area (Å²) in [4.78, 5) is 29.8. The Morgan fingerprint density at radius 1 is 1.35 bits per heavy atom. The van der Waals surface area contributed by atoms with Crippen LogP contribution >= 0.6 is 0 Å². The van der Waals surface area contributed by atoms with E-state index in [9.17, 15) is 18.0 Å². The summed E-state index contributed by atoms with van der Waals surface area (Å²) in [6.07, 6.45) is 6.89. The molecule has 0 aromatic carbocycles. The molecule has 2 N–H and O–H groups in total. The van der Waals surface area contributed by atoms with Crippen LogP contribution in [0.5, 0.6) is 0 Å². The monoisotopic (exact) mass is 380 g/mol. The van der Waals surface area contributed by atoms with E-state index in [-0.39, 0.29) is 11.5 Å². The lowest BCUT2D eigenvalue weighted by molar-refractivity contribution is 0.0689. The lowest BCUT2D eigenvalue weighted by atomic mass is 9.93. The van der Waals surface area contributed by atoms with E-state index in [0.717, 1.165) is 25.5 Å². The third kappa shape index (κ3) is 3.99. The largest absolute Gasteiger partial charge is 0.357 e. The Morgan fingerprint density at radius 2 is 2.04 bits per heavy atom. The number of nitrogens with zero attached hydrogens (tertiary/aromatic N) is 2. The summed E-state index contributed by atoms with van der Waals surface area (Å²) < 4.78 is 26.2. The van der Waals surface area contributed by atoms with Crippen LogP contribution in [0.2, 0.25) is 0 Å². The number of carbonyl (C=O) groups excluding carboxylic acids is 1. The van der Waals surface area contributed by atoms with E-state index in [4.69, 9.17) is 0 Å². The van der Waals surface area contributed by atoms with Gasteiger partial charge in [-0.3, -0.25) is 9.59 Å². The Bertz CT molecular complexity index is 968. The summed E-state index contributed by atoms with van der Waals surface area (Å²) in [5, 5.41) is 0.651. The van der Waals surface area contributed by atoms with Gasteiger partial charge in [-0.2, -0.15) is 0 Å². The summed E-state index contributed by atoms with van der Waals surface area (Å²) in [6, 6.07) is 1.76. The second-order valence-electron chi connectivity index (χ2n) is 6.92. The van der Waals surface area contributed by atoms with Gasteiger partial charge in [0.2, 0.25) is 10.0 Å². The van der Waals surface area contributed by atoms with Crippen molar-refractivity contribution in [3.05, 3.63) is 34.4 Å². The number of aromatic nitrogens is 2. The molecule has 1 fully saturated rings. The molecule has 3 heterocycles. The zero-order chi connectivity index (χ0) is 18.9. The van der Waals surface area contributed by atoms with Crippen LogP contribution in [0, 0.1) is 5.92 Å². The average molecular weight is 380 g/mol. The van der Waals surface area contributed by atoms with Gasteiger partial charge in [-0.25, -0.2) is 13.1 Å². The van der Waals surface area contributed by atoms with Crippen molar-refractivity contribution in [3.63, 3.8) is 0 Å². The van der Waals surface area contributed by atoms with Crippen LogP contribution in [0.25, 0.3) is 10.9 Å². The first kappa shape index (κ1) is 18.7. The molecule has 1 amide bonds. The van der Waals surface area contributed by atoms with Crippen molar-refractivity contribution in [3.8, 4) is 0 Å². The fraction of sp³-hybridized carbons (Fsp3) is 0.529. The molecule has 9 heteroatoms. The maximum absolute atomic E-state index is 12.9. The SMILES string of the molecule is Cn1cc(C(=O)N2CCC(CCNS(C)(=O)=O)CC2)c2cc[nH]c2c1=O. The Kier molecular flexibility index (Phi) is 5.19. The molecule has 8 nitrogen and oxygen atoms in total. The lowest BCUT2D eigenvalue weighted by Gasteiger charge is -2.32. The predicted octanol–water partition coefficient (Wildman–Crippen LogP) is 0.658. The lowest BCUT2D eigenvalue weighted by Crippen LogP contribution is -2.39. The maximum atomic E-state index is 12.9. The van der Waals surface area contributed by atoms with E-state index in [1.54, 1.807) is 25.5 Å². The van der Waals surface area contributed by atoms with E-state index >= 15 is 0 Å². The molecule has 0 unspecified atom stereocenters. The number of hydrogen-bond acceptors (Lipinski definition) is 4. The van der Waals surface area contributed by atoms with Crippen molar-refractivity contribution in [1.29, 1.82) is 0 Å². The van der Waals surface area contributed by atoms with E-state index in [2.05, 4.69) is 9.71 Å². The van der Waals surface area contributed by atoms with Gasteiger partial charge in [0.1, 0.15) is 5.52 Å². The van der Waals surface area contributed by atoms with Crippen molar-refractivity contribution in [1.82, 2.24) is 19.2 Å². The molecule has 0 aliphatic carbocycles. The zero-order valence-corrected chi connectivity index (χ0v) is 15.8. The van der Waals surface area contributed by atoms with E-state index < -0.39 is 10.0 Å². The van der Waals surface area contributed by atoms with Gasteiger partial charge in [0.05, 0.1) is 11.8 Å². The second kappa shape index (κ2) is 7.24. The first-order valence-electron chi connectivity index (χ1n) is 8.67. The standard InChI is InChI=1S/C17H24N4O4S/c1-20-11-14(13-4-7-18-15(13)17(20)23)16(22)21-9-5-12(6-10-21)3-8-19-26(2,24)25/h4,7,11-12,18-19H,3,5-6,8-10H2,1-2H3. The van der Waals surface area contributed by atoms with Crippen LogP contribution in [-0.4, -0.2) is 54.7 Å². The minimum atomic E-state index is -3.15. The Morgan fingerprint density at radius 3 is 2.69 bits per heavy atom. The first-order valence-corrected chi connectivity index (χ1v) is 10.6. The van der Waals surface area contributed by atoms with Crippen LogP contribution < -0.4 is 10.3 Å². The number of nitrogens with one attached hydrogen (secondary N) is 2. The number of fused-ring (bicyclic) bond motifs is 1. The number of H-pyrrole nitrogens is 1. The molecule has 2 aromatic heterocycles. The molecule has 0 spiro atoms. The zero-order valence-electron chi connectivity index (χ0n) is 15.0. The predicted molar refractivity (Wildman–Crippen MR) is 99.6 cm³/mol. The fourth-order valence-corrected chi connectivity index (χ4v) is 3.97. The molecule has 1 aliphatic rings. The summed E-state index contributed by atoms with van der Waals surface area (Å²) in [5.41, 5.74) is 0.819. The van der Waals surface area contributed by atoms with Crippen molar-refractivity contribution in [2.45, 2.75) is 19.3 Å². The number of pyridine rings is 1. The maximum Gasteiger partial charge on any atom is 0.274 e. The highest BCUT2D eigenvalue weighted by molar-refractivity contribution is 7.88. The van der Waals surface area contributed by atoms with Crippen molar-refractivity contribution in [2.24, 2.45) is 13.0 Å². The number of rotatable bonds is 5. The Balaban J connectivity index is 1.65. The molecule has 0 saturated carbocycles. The molecular formula is C17H24N4O4S. The Hall–Kier alpha value is -2.13. The van der Waals surface area contributed by atoms with Gasteiger partial charge in [0, 0.05) is 44.5 Å². The summed E-state index contributed by atoms with van der Waals surface area (Å²) in [7, 11) is -1.51. The van der Waals surface area contributed by atoms with Crippen LogP contribution in [-0.2, 0) is 17.1 Å². The smallest absolute Gasteiger partial charge is 0.274 e. The van der Waals surface area contributed by atoms with E-state index in [1.165, 1.54) is 4.57 Å². The van der Waals surface area contributed by atoms with Crippen molar-refractivity contribution in [2.75, 3.05) is 25.9 Å². The number of aryl methyl sites for hydroxylation is 1. The molecule has 0 radical (unpaired) electrons. The molecule has 1 saturated heterocycles. The first-order chi connectivity index (χ1) is 12.3. The number of hydrogen-bond donors (Lipinski definition) is 2. The van der Waals surface area contributed by atoms with Crippen LogP contribution in [0.1, 0.15) is 29.6 Å². The number of carbonyl (C=O) groups is 1. The molecule has 0 atom stereocenters. The minimum absolute atomic E-state index is 0.0714. The third-order valence-electron chi connectivity index (χ3n) is 4.94. The van der Waals surface area contributed by atoms with Gasteiger partial charge < -0.3 is 14.5 Å². The Labute approximate surface area is 152 Å². The number of amides is 1. The highest BCUT2D eigenvalue weighted by Gasteiger charge is 2.25. The number of piperidine rings is 1. The third-order valence-corrected chi connectivity index (χ3v) is 5.67. The summed E-state index contributed by atoms with van der Waals surface area (Å²) >= 11 is 0. The average Bonchev–Trinajstić information content (AvgIpc) is 3.07. The number of likely N-dealkylation sites (tertiary alicyclic amines) is 1. The molecule has 0 bridgehead atoms. The number of aromatic amines is 1.